The Hall–Kier alpha value is -0.690. The van der Waals surface area contributed by atoms with Crippen LogP contribution in [0.25, 0.3) is 0 Å². The first-order valence-electron chi connectivity index (χ1n) is 34.4. The summed E-state index contributed by atoms with van der Waals surface area (Å²) >= 11 is 0. The topological polar surface area (TPSA) is 110 Å². The fourth-order valence-corrected chi connectivity index (χ4v) is 11.5. The molecule has 0 saturated heterocycles. The molecule has 0 aromatic carbocycles. The third-order valence-electron chi connectivity index (χ3n) is 16.8. The maximum atomic E-state index is 12.6. The molecular weight excluding hydrogens is 911 g/mol. The second kappa shape index (κ2) is 63.1. The summed E-state index contributed by atoms with van der Waals surface area (Å²) in [4.78, 5) is 12.6. The Morgan fingerprint density at radius 1 is 0.284 bits per heavy atom. The van der Waals surface area contributed by atoms with Gasteiger partial charge >= 0.3 is 0 Å². The molecule has 0 saturated carbocycles. The average Bonchev–Trinajstić information content (AvgIpc) is 3.41. The molecule has 5 N–H and O–H groups in total. The van der Waals surface area contributed by atoms with Gasteiger partial charge in [0, 0.05) is 0 Å². The van der Waals surface area contributed by atoms with E-state index in [9.17, 15) is 25.2 Å². The molecule has 0 aliphatic carbocycles. The normalized spacial score (nSPS) is 13.4. The van der Waals surface area contributed by atoms with Gasteiger partial charge in [-0.15, -0.1) is 0 Å². The molecule has 0 spiro atoms. The van der Waals surface area contributed by atoms with E-state index >= 15 is 0 Å². The fourth-order valence-electron chi connectivity index (χ4n) is 11.5. The van der Waals surface area contributed by atoms with Gasteiger partial charge in [0.1, 0.15) is 12.2 Å². The van der Waals surface area contributed by atoms with Gasteiger partial charge in [0.05, 0.1) is 18.8 Å². The van der Waals surface area contributed by atoms with E-state index in [2.05, 4.69) is 19.2 Å². The molecule has 74 heavy (non-hydrogen) atoms. The quantitative estimate of drug-likeness (QED) is 0.0390. The molecule has 4 unspecified atom stereocenters. The number of unbranched alkanes of at least 4 members (excludes halogenated alkanes) is 56. The second-order valence-electron chi connectivity index (χ2n) is 24.2. The van der Waals surface area contributed by atoms with Crippen molar-refractivity contribution in [1.82, 2.24) is 5.32 Å². The SMILES string of the molecule is CCCCCCCCCCCCCCCCCCCCCCCCCCCCCCCCCCCCCCCCC(O)C(=O)NC(CO)C(O)C(O)CCCCCCCCCCCCCCCCCCCCCC. The van der Waals surface area contributed by atoms with E-state index in [-0.39, 0.29) is 0 Å². The Balaban J connectivity index is 3.47. The van der Waals surface area contributed by atoms with Gasteiger partial charge in [-0.3, -0.25) is 4.79 Å². The monoisotopic (exact) mass is 1050 g/mol. The summed E-state index contributed by atoms with van der Waals surface area (Å²) in [6, 6.07) is -0.982. The maximum Gasteiger partial charge on any atom is 0.249 e. The highest BCUT2D eigenvalue weighted by atomic mass is 16.3. The minimum atomic E-state index is -1.26. The van der Waals surface area contributed by atoms with E-state index < -0.39 is 36.9 Å². The van der Waals surface area contributed by atoms with Crippen LogP contribution < -0.4 is 5.32 Å². The van der Waals surface area contributed by atoms with E-state index in [4.69, 9.17) is 0 Å². The number of aliphatic hydroxyl groups excluding tert-OH is 4. The van der Waals surface area contributed by atoms with E-state index in [1.165, 1.54) is 334 Å². The van der Waals surface area contributed by atoms with Crippen LogP contribution in [0, 0.1) is 0 Å². The average molecular weight is 1050 g/mol. The van der Waals surface area contributed by atoms with E-state index in [0.717, 1.165) is 38.5 Å². The molecule has 6 nitrogen and oxygen atoms in total. The molecule has 0 aliphatic rings. The highest BCUT2D eigenvalue weighted by Crippen LogP contribution is 2.20. The number of rotatable bonds is 65. The predicted molar refractivity (Wildman–Crippen MR) is 325 cm³/mol. The molecule has 6 heteroatoms. The van der Waals surface area contributed by atoms with Crippen LogP contribution in [0.3, 0.4) is 0 Å². The Labute approximate surface area is 464 Å². The maximum absolute atomic E-state index is 12.6. The van der Waals surface area contributed by atoms with Crippen LogP contribution in [0.4, 0.5) is 0 Å². The first-order chi connectivity index (χ1) is 36.5. The summed E-state index contributed by atoms with van der Waals surface area (Å²) in [7, 11) is 0. The van der Waals surface area contributed by atoms with Gasteiger partial charge in [-0.1, -0.05) is 386 Å². The lowest BCUT2D eigenvalue weighted by Gasteiger charge is -2.27. The number of carbonyl (C=O) groups is 1. The molecule has 0 aromatic rings. The van der Waals surface area contributed by atoms with Crippen molar-refractivity contribution in [1.29, 1.82) is 0 Å². The lowest BCUT2D eigenvalue weighted by molar-refractivity contribution is -0.132. The molecule has 0 fully saturated rings. The Morgan fingerprint density at radius 2 is 0.459 bits per heavy atom. The van der Waals surface area contributed by atoms with Gasteiger partial charge in [-0.2, -0.15) is 0 Å². The largest absolute Gasteiger partial charge is 0.394 e. The summed E-state index contributed by atoms with van der Waals surface area (Å²) in [6.07, 6.45) is 76.6. The first kappa shape index (κ1) is 73.3. The zero-order chi connectivity index (χ0) is 53.7. The number of nitrogens with one attached hydrogen (secondary N) is 1. The van der Waals surface area contributed by atoms with Crippen molar-refractivity contribution in [3.8, 4) is 0 Å². The molecule has 0 aliphatic heterocycles. The minimum Gasteiger partial charge on any atom is -0.394 e. The van der Waals surface area contributed by atoms with Crippen LogP contribution in [-0.4, -0.2) is 57.3 Å². The standard InChI is InChI=1S/C68H137NO5/c1-3-5-7-9-11-13-15-17-19-21-23-25-26-27-28-29-30-31-32-33-34-35-36-37-38-39-40-41-42-44-46-48-50-52-54-56-58-60-62-66(72)68(74)69-64(63-70)67(73)65(71)61-59-57-55-53-51-49-47-45-43-24-22-20-18-16-14-12-10-8-6-4-2/h64-67,70-73H,3-63H2,1-2H3,(H,69,74). The molecule has 4 atom stereocenters. The van der Waals surface area contributed by atoms with Crippen LogP contribution in [0.1, 0.15) is 399 Å². The lowest BCUT2D eigenvalue weighted by atomic mass is 9.99. The number of hydrogen-bond donors (Lipinski definition) is 5. The zero-order valence-corrected chi connectivity index (χ0v) is 50.6. The zero-order valence-electron chi connectivity index (χ0n) is 50.6. The number of aliphatic hydroxyl groups is 4. The highest BCUT2D eigenvalue weighted by molar-refractivity contribution is 5.80. The summed E-state index contributed by atoms with van der Waals surface area (Å²) in [5, 5.41) is 44.2. The Kier molecular flexibility index (Phi) is 62.6. The molecule has 444 valence electrons. The van der Waals surface area contributed by atoms with Gasteiger partial charge in [0.25, 0.3) is 0 Å². The molecule has 0 aromatic heterocycles. The minimum absolute atomic E-state index is 0.377. The third-order valence-corrected chi connectivity index (χ3v) is 16.8. The van der Waals surface area contributed by atoms with Crippen molar-refractivity contribution >= 4 is 5.91 Å². The Bertz CT molecular complexity index is 1040. The van der Waals surface area contributed by atoms with Gasteiger partial charge in [-0.05, 0) is 12.8 Å². The van der Waals surface area contributed by atoms with Crippen molar-refractivity contribution in [2.24, 2.45) is 0 Å². The lowest BCUT2D eigenvalue weighted by Crippen LogP contribution is -2.53. The van der Waals surface area contributed by atoms with Crippen LogP contribution in [0.15, 0.2) is 0 Å². The predicted octanol–water partition coefficient (Wildman–Crippen LogP) is 21.0. The molecular formula is C68H137NO5. The Morgan fingerprint density at radius 3 is 0.649 bits per heavy atom. The molecule has 0 heterocycles. The van der Waals surface area contributed by atoms with Crippen molar-refractivity contribution in [3.05, 3.63) is 0 Å². The molecule has 0 radical (unpaired) electrons. The highest BCUT2D eigenvalue weighted by Gasteiger charge is 2.28. The summed E-state index contributed by atoms with van der Waals surface area (Å²) < 4.78 is 0. The fraction of sp³-hybridized carbons (Fsp3) is 0.985. The summed E-state index contributed by atoms with van der Waals surface area (Å²) in [5.41, 5.74) is 0. The van der Waals surface area contributed by atoms with E-state index in [0.29, 0.717) is 12.8 Å². The van der Waals surface area contributed by atoms with Gasteiger partial charge < -0.3 is 25.7 Å². The number of carbonyl (C=O) groups excluding carboxylic acids is 1. The van der Waals surface area contributed by atoms with E-state index in [1.54, 1.807) is 0 Å². The van der Waals surface area contributed by atoms with E-state index in [1.807, 2.05) is 0 Å². The van der Waals surface area contributed by atoms with Gasteiger partial charge in [-0.25, -0.2) is 0 Å². The first-order valence-corrected chi connectivity index (χ1v) is 34.4. The summed E-state index contributed by atoms with van der Waals surface area (Å²) in [5.74, 6) is -0.573. The van der Waals surface area contributed by atoms with Gasteiger partial charge in [0.2, 0.25) is 5.91 Å². The van der Waals surface area contributed by atoms with Crippen LogP contribution >= 0.6 is 0 Å². The molecule has 0 rings (SSSR count). The smallest absolute Gasteiger partial charge is 0.249 e. The third kappa shape index (κ3) is 56.0. The molecule has 0 bridgehead atoms. The van der Waals surface area contributed by atoms with Crippen LogP contribution in [-0.2, 0) is 4.79 Å². The van der Waals surface area contributed by atoms with Crippen LogP contribution in [0.2, 0.25) is 0 Å². The molecule has 1 amide bonds. The van der Waals surface area contributed by atoms with Gasteiger partial charge in [0.15, 0.2) is 0 Å². The number of hydrogen-bond acceptors (Lipinski definition) is 5. The number of amides is 1. The van der Waals surface area contributed by atoms with Crippen LogP contribution in [0.5, 0.6) is 0 Å². The van der Waals surface area contributed by atoms with Crippen molar-refractivity contribution in [2.45, 2.75) is 423 Å². The van der Waals surface area contributed by atoms with Crippen molar-refractivity contribution in [3.63, 3.8) is 0 Å². The summed E-state index contributed by atoms with van der Waals surface area (Å²) in [6.45, 7) is 4.11. The van der Waals surface area contributed by atoms with Crippen molar-refractivity contribution < 1.29 is 25.2 Å². The second-order valence-corrected chi connectivity index (χ2v) is 24.2. The van der Waals surface area contributed by atoms with Crippen molar-refractivity contribution in [2.75, 3.05) is 6.61 Å².